The molecule has 0 radical (unpaired) electrons. The Kier molecular flexibility index (Phi) is 11.8. The molecule has 0 saturated carbocycles. The number of rotatable bonds is 13. The van der Waals surface area contributed by atoms with Crippen LogP contribution in [0.1, 0.15) is 43.2 Å². The maximum Gasteiger partial charge on any atom is 0.242 e. The van der Waals surface area contributed by atoms with Gasteiger partial charge in [0.1, 0.15) is 17.9 Å². The number of benzene rings is 1. The number of halogens is 2. The van der Waals surface area contributed by atoms with E-state index in [-0.39, 0.29) is 25.5 Å². The molecule has 0 unspecified atom stereocenters. The van der Waals surface area contributed by atoms with Gasteiger partial charge in [-0.2, -0.15) is 0 Å². The predicted octanol–water partition coefficient (Wildman–Crippen LogP) is 2.53. The Labute approximate surface area is 255 Å². The molecule has 1 aromatic heterocycles. The molecule has 0 aliphatic carbocycles. The molecular weight excluding hydrogens is 629 g/mol. The summed E-state index contributed by atoms with van der Waals surface area (Å²) >= 11 is 3.24. The number of pyridine rings is 1. The van der Waals surface area contributed by atoms with Crippen molar-refractivity contribution < 1.29 is 27.1 Å². The van der Waals surface area contributed by atoms with Gasteiger partial charge in [0, 0.05) is 41.9 Å². The molecule has 2 aliphatic rings. The van der Waals surface area contributed by atoms with Crippen molar-refractivity contribution in [3.05, 3.63) is 64.1 Å². The first-order valence-electron chi connectivity index (χ1n) is 14.3. The van der Waals surface area contributed by atoms with Gasteiger partial charge in [-0.05, 0) is 80.9 Å². The van der Waals surface area contributed by atoms with Crippen LogP contribution in [0.25, 0.3) is 0 Å². The summed E-state index contributed by atoms with van der Waals surface area (Å²) < 4.78 is 48.0. The first-order valence-corrected chi connectivity index (χ1v) is 17.0. The van der Waals surface area contributed by atoms with Gasteiger partial charge in [0.15, 0.2) is 0 Å². The highest BCUT2D eigenvalue weighted by Crippen LogP contribution is 2.26. The van der Waals surface area contributed by atoms with Crippen molar-refractivity contribution in [3.63, 3.8) is 0 Å². The zero-order chi connectivity index (χ0) is 30.1. The highest BCUT2D eigenvalue weighted by molar-refractivity contribution is 9.10. The first-order chi connectivity index (χ1) is 20.1. The molecule has 2 saturated heterocycles. The van der Waals surface area contributed by atoms with Crippen molar-refractivity contribution in [1.82, 2.24) is 25.2 Å². The number of likely N-dealkylation sites (tertiary alicyclic amines) is 1. The lowest BCUT2D eigenvalue weighted by atomic mass is 9.91. The van der Waals surface area contributed by atoms with Gasteiger partial charge in [-0.25, -0.2) is 17.5 Å². The second kappa shape index (κ2) is 15.3. The van der Waals surface area contributed by atoms with Crippen molar-refractivity contribution in [2.24, 2.45) is 5.92 Å². The summed E-state index contributed by atoms with van der Waals surface area (Å²) in [6.07, 6.45) is 7.63. The minimum absolute atomic E-state index is 0.0249. The number of ether oxygens (including phenoxy) is 1. The van der Waals surface area contributed by atoms with E-state index in [2.05, 4.69) is 36.3 Å². The van der Waals surface area contributed by atoms with E-state index in [4.69, 9.17) is 4.74 Å². The molecule has 0 spiro atoms. The third-order valence-corrected chi connectivity index (χ3v) is 8.98. The van der Waals surface area contributed by atoms with Gasteiger partial charge in [-0.3, -0.25) is 14.6 Å². The Morgan fingerprint density at radius 3 is 2.64 bits per heavy atom. The standard InChI is InChI=1S/C29H39BrFN5O5S/c1-42(39,40)35-26(5-2-20-6-11-32-12-7-20)29(38)36-18-24(41-19-22-3-4-23(30)16-25(22)31)17-27(36)28(37)34-15-10-21-8-13-33-14-9-21/h3-4,8-9,13-14,16,20,24,26-27,32,35H,2,5-7,10-12,15,17-19H2,1H3,(H,34,37)/t24-,26-,27+/m1/s1. The van der Waals surface area contributed by atoms with E-state index in [0.29, 0.717) is 41.8 Å². The van der Waals surface area contributed by atoms with Crippen molar-refractivity contribution in [3.8, 4) is 0 Å². The lowest BCUT2D eigenvalue weighted by Crippen LogP contribution is -2.53. The van der Waals surface area contributed by atoms with E-state index in [0.717, 1.165) is 37.8 Å². The summed E-state index contributed by atoms with van der Waals surface area (Å²) in [6, 6.07) is 6.58. The van der Waals surface area contributed by atoms with E-state index < -0.39 is 39.9 Å². The summed E-state index contributed by atoms with van der Waals surface area (Å²) in [7, 11) is -3.69. The molecule has 4 rings (SSSR count). The maximum absolute atomic E-state index is 14.4. The van der Waals surface area contributed by atoms with Gasteiger partial charge in [0.25, 0.3) is 0 Å². The molecule has 10 nitrogen and oxygen atoms in total. The van der Waals surface area contributed by atoms with Crippen LogP contribution in [-0.4, -0.2) is 80.7 Å². The van der Waals surface area contributed by atoms with Crippen LogP contribution in [0, 0.1) is 11.7 Å². The van der Waals surface area contributed by atoms with E-state index in [1.54, 1.807) is 24.5 Å². The molecule has 3 heterocycles. The molecule has 2 amide bonds. The number of hydrogen-bond acceptors (Lipinski definition) is 7. The second-order valence-corrected chi connectivity index (χ2v) is 13.7. The lowest BCUT2D eigenvalue weighted by molar-refractivity contribution is -0.140. The zero-order valence-electron chi connectivity index (χ0n) is 23.7. The maximum atomic E-state index is 14.4. The number of aromatic nitrogens is 1. The lowest BCUT2D eigenvalue weighted by Gasteiger charge is -2.30. The highest BCUT2D eigenvalue weighted by Gasteiger charge is 2.42. The Morgan fingerprint density at radius 1 is 1.21 bits per heavy atom. The number of amides is 2. The van der Waals surface area contributed by atoms with Crippen molar-refractivity contribution in [1.29, 1.82) is 0 Å². The van der Waals surface area contributed by atoms with E-state index in [9.17, 15) is 22.4 Å². The number of hydrogen-bond donors (Lipinski definition) is 3. The fourth-order valence-corrected chi connectivity index (χ4v) is 6.59. The van der Waals surface area contributed by atoms with E-state index in [1.165, 1.54) is 11.0 Å². The van der Waals surface area contributed by atoms with E-state index in [1.807, 2.05) is 12.1 Å². The summed E-state index contributed by atoms with van der Waals surface area (Å²) in [6.45, 7) is 2.22. The average molecular weight is 669 g/mol. The van der Waals surface area contributed by atoms with Gasteiger partial charge < -0.3 is 20.3 Å². The van der Waals surface area contributed by atoms with Crippen LogP contribution in [0.2, 0.25) is 0 Å². The molecule has 230 valence electrons. The molecule has 3 N–H and O–H groups in total. The third kappa shape index (κ3) is 9.80. The van der Waals surface area contributed by atoms with Gasteiger partial charge in [-0.1, -0.05) is 22.0 Å². The topological polar surface area (TPSA) is 130 Å². The minimum Gasteiger partial charge on any atom is -0.371 e. The second-order valence-electron chi connectivity index (χ2n) is 11.0. The fraction of sp³-hybridized carbons (Fsp3) is 0.552. The molecule has 0 bridgehead atoms. The van der Waals surface area contributed by atoms with Crippen LogP contribution < -0.4 is 15.4 Å². The Bertz CT molecular complexity index is 1310. The molecule has 1 aromatic carbocycles. The molecule has 13 heteroatoms. The van der Waals surface area contributed by atoms with Crippen molar-refractivity contribution in [2.75, 3.05) is 32.4 Å². The van der Waals surface area contributed by atoms with Crippen LogP contribution in [0.3, 0.4) is 0 Å². The zero-order valence-corrected chi connectivity index (χ0v) is 26.1. The number of nitrogens with one attached hydrogen (secondary N) is 3. The van der Waals surface area contributed by atoms with Gasteiger partial charge in [0.05, 0.1) is 19.0 Å². The van der Waals surface area contributed by atoms with Crippen LogP contribution in [0.15, 0.2) is 47.2 Å². The van der Waals surface area contributed by atoms with E-state index >= 15 is 0 Å². The molecule has 42 heavy (non-hydrogen) atoms. The molecule has 3 atom stereocenters. The number of sulfonamides is 1. The smallest absolute Gasteiger partial charge is 0.242 e. The normalized spacial score (nSPS) is 20.4. The average Bonchev–Trinajstić information content (AvgIpc) is 3.39. The van der Waals surface area contributed by atoms with Crippen LogP contribution in [0.5, 0.6) is 0 Å². The highest BCUT2D eigenvalue weighted by atomic mass is 79.9. The Balaban J connectivity index is 1.46. The molecular formula is C29H39BrFN5O5S. The number of nitrogens with zero attached hydrogens (tertiary/aromatic N) is 2. The van der Waals surface area contributed by atoms with Crippen molar-refractivity contribution in [2.45, 2.75) is 63.3 Å². The Hall–Kier alpha value is -2.45. The summed E-state index contributed by atoms with van der Waals surface area (Å²) in [5, 5.41) is 6.23. The largest absolute Gasteiger partial charge is 0.371 e. The predicted molar refractivity (Wildman–Crippen MR) is 160 cm³/mol. The summed E-state index contributed by atoms with van der Waals surface area (Å²) in [5.41, 5.74) is 1.37. The third-order valence-electron chi connectivity index (χ3n) is 7.78. The minimum atomic E-state index is -3.69. The summed E-state index contributed by atoms with van der Waals surface area (Å²) in [4.78, 5) is 32.7. The fourth-order valence-electron chi connectivity index (χ4n) is 5.52. The monoisotopic (exact) mass is 667 g/mol. The van der Waals surface area contributed by atoms with Crippen LogP contribution in [0.4, 0.5) is 4.39 Å². The van der Waals surface area contributed by atoms with Crippen LogP contribution in [-0.2, 0) is 37.4 Å². The van der Waals surface area contributed by atoms with Gasteiger partial charge >= 0.3 is 0 Å². The SMILES string of the molecule is CS(=O)(=O)N[C@H](CCC1CCNCC1)C(=O)N1C[C@H](OCc2ccc(Br)cc2F)C[C@H]1C(=O)NCCc1ccncc1. The first kappa shape index (κ1) is 32.5. The van der Waals surface area contributed by atoms with Gasteiger partial charge in [0.2, 0.25) is 21.8 Å². The molecule has 2 aromatic rings. The summed E-state index contributed by atoms with van der Waals surface area (Å²) in [5.74, 6) is -0.818. The van der Waals surface area contributed by atoms with Gasteiger partial charge in [-0.15, -0.1) is 0 Å². The Morgan fingerprint density at radius 2 is 1.95 bits per heavy atom. The molecule has 2 fully saturated rings. The quantitative estimate of drug-likeness (QED) is 0.299. The van der Waals surface area contributed by atoms with Crippen LogP contribution >= 0.6 is 15.9 Å². The number of carbonyl (C=O) groups is 2. The number of piperidine rings is 1. The van der Waals surface area contributed by atoms with Crippen molar-refractivity contribution >= 4 is 37.8 Å². The number of carbonyl (C=O) groups excluding carboxylic acids is 2. The molecule has 2 aliphatic heterocycles.